The summed E-state index contributed by atoms with van der Waals surface area (Å²) in [7, 11) is 1.65. The quantitative estimate of drug-likeness (QED) is 0.866. The third-order valence-electron chi connectivity index (χ3n) is 3.70. The molecule has 1 heterocycles. The first-order valence-corrected chi connectivity index (χ1v) is 6.61. The number of rotatable bonds is 4. The third kappa shape index (κ3) is 3.11. The molecule has 1 aliphatic carbocycles. The molecule has 3 nitrogen and oxygen atoms in total. The van der Waals surface area contributed by atoms with E-state index >= 15 is 0 Å². The zero-order chi connectivity index (χ0) is 12.1. The summed E-state index contributed by atoms with van der Waals surface area (Å²) in [5.74, 6) is 2.41. The van der Waals surface area contributed by atoms with Crippen LogP contribution < -0.4 is 10.1 Å². The van der Waals surface area contributed by atoms with Crippen LogP contribution in [-0.2, 0) is 0 Å². The van der Waals surface area contributed by atoms with E-state index in [0.717, 1.165) is 11.7 Å². The van der Waals surface area contributed by atoms with E-state index < -0.39 is 0 Å². The van der Waals surface area contributed by atoms with Gasteiger partial charge in [0.2, 0.25) is 5.88 Å². The normalized spacial score (nSPS) is 24.4. The Hall–Kier alpha value is -1.25. The van der Waals surface area contributed by atoms with E-state index in [1.54, 1.807) is 7.11 Å². The van der Waals surface area contributed by atoms with Crippen LogP contribution in [-0.4, -0.2) is 18.1 Å². The van der Waals surface area contributed by atoms with E-state index in [4.69, 9.17) is 4.74 Å². The summed E-state index contributed by atoms with van der Waals surface area (Å²) in [5.41, 5.74) is 0. The molecule has 1 fully saturated rings. The van der Waals surface area contributed by atoms with Crippen molar-refractivity contribution < 1.29 is 4.74 Å². The number of aromatic nitrogens is 1. The minimum Gasteiger partial charge on any atom is -0.481 e. The van der Waals surface area contributed by atoms with Crippen molar-refractivity contribution in [2.75, 3.05) is 12.4 Å². The highest BCUT2D eigenvalue weighted by atomic mass is 16.5. The molecule has 1 aromatic rings. The van der Waals surface area contributed by atoms with Gasteiger partial charge in [-0.2, -0.15) is 4.98 Å². The van der Waals surface area contributed by atoms with Gasteiger partial charge in [-0.15, -0.1) is 0 Å². The molecule has 1 N–H and O–H groups in total. The molecule has 0 bridgehead atoms. The van der Waals surface area contributed by atoms with Gasteiger partial charge in [-0.05, 0) is 24.8 Å². The highest BCUT2D eigenvalue weighted by molar-refractivity contribution is 5.38. The Bertz CT molecular complexity index is 354. The van der Waals surface area contributed by atoms with Crippen LogP contribution in [0.5, 0.6) is 5.88 Å². The summed E-state index contributed by atoms with van der Waals surface area (Å²) in [6.45, 7) is 2.28. The van der Waals surface area contributed by atoms with Gasteiger partial charge in [0.15, 0.2) is 0 Å². The van der Waals surface area contributed by atoms with Crippen molar-refractivity contribution in [1.29, 1.82) is 0 Å². The lowest BCUT2D eigenvalue weighted by molar-refractivity contribution is 0.316. The molecule has 0 spiro atoms. The Morgan fingerprint density at radius 2 is 2.18 bits per heavy atom. The van der Waals surface area contributed by atoms with Crippen molar-refractivity contribution in [1.82, 2.24) is 4.98 Å². The van der Waals surface area contributed by atoms with Gasteiger partial charge in [0, 0.05) is 12.1 Å². The second-order valence-corrected chi connectivity index (χ2v) is 4.77. The van der Waals surface area contributed by atoms with Crippen LogP contribution in [0.2, 0.25) is 0 Å². The zero-order valence-corrected chi connectivity index (χ0v) is 10.8. The predicted octanol–water partition coefficient (Wildman–Crippen LogP) is 3.47. The maximum Gasteiger partial charge on any atom is 0.214 e. The van der Waals surface area contributed by atoms with Crippen LogP contribution in [0.25, 0.3) is 0 Å². The highest BCUT2D eigenvalue weighted by Crippen LogP contribution is 2.29. The van der Waals surface area contributed by atoms with E-state index in [-0.39, 0.29) is 0 Å². The van der Waals surface area contributed by atoms with Gasteiger partial charge < -0.3 is 10.1 Å². The molecule has 1 aliphatic rings. The van der Waals surface area contributed by atoms with Crippen LogP contribution in [0.3, 0.4) is 0 Å². The minimum absolute atomic E-state index is 0.577. The molecule has 0 amide bonds. The molecule has 0 saturated heterocycles. The molecule has 2 rings (SSSR count). The van der Waals surface area contributed by atoms with Crippen LogP contribution in [0.1, 0.15) is 39.0 Å². The van der Waals surface area contributed by atoms with Gasteiger partial charge in [-0.1, -0.05) is 32.3 Å². The van der Waals surface area contributed by atoms with Crippen molar-refractivity contribution in [2.45, 2.75) is 45.1 Å². The van der Waals surface area contributed by atoms with Crippen LogP contribution in [0.15, 0.2) is 18.2 Å². The first-order chi connectivity index (χ1) is 8.33. The fraction of sp³-hybridized carbons (Fsp3) is 0.643. The lowest BCUT2D eigenvalue weighted by atomic mass is 9.83. The Kier molecular flexibility index (Phi) is 4.24. The lowest BCUT2D eigenvalue weighted by Gasteiger charge is -2.31. The molecular weight excluding hydrogens is 212 g/mol. The van der Waals surface area contributed by atoms with Crippen LogP contribution in [0, 0.1) is 5.92 Å². The number of hydrogen-bond donors (Lipinski definition) is 1. The van der Waals surface area contributed by atoms with Gasteiger partial charge in [-0.3, -0.25) is 0 Å². The van der Waals surface area contributed by atoms with E-state index in [0.29, 0.717) is 11.9 Å². The van der Waals surface area contributed by atoms with Crippen molar-refractivity contribution in [3.63, 3.8) is 0 Å². The summed E-state index contributed by atoms with van der Waals surface area (Å²) in [4.78, 5) is 4.42. The standard InChI is InChI=1S/C14H22N2O/c1-3-11-7-4-5-8-12(11)15-13-9-6-10-14(16-13)17-2/h6,9-12H,3-5,7-8H2,1-2H3,(H,15,16). The molecule has 2 unspecified atom stereocenters. The smallest absolute Gasteiger partial charge is 0.214 e. The maximum absolute atomic E-state index is 5.15. The van der Waals surface area contributed by atoms with E-state index in [1.165, 1.54) is 32.1 Å². The second-order valence-electron chi connectivity index (χ2n) is 4.77. The molecular formula is C14H22N2O. The lowest BCUT2D eigenvalue weighted by Crippen LogP contribution is -2.32. The topological polar surface area (TPSA) is 34.1 Å². The van der Waals surface area contributed by atoms with Crippen LogP contribution in [0.4, 0.5) is 5.82 Å². The first-order valence-electron chi connectivity index (χ1n) is 6.61. The van der Waals surface area contributed by atoms with Crippen molar-refractivity contribution in [3.05, 3.63) is 18.2 Å². The Morgan fingerprint density at radius 1 is 1.35 bits per heavy atom. The van der Waals surface area contributed by atoms with E-state index in [9.17, 15) is 0 Å². The molecule has 1 saturated carbocycles. The zero-order valence-electron chi connectivity index (χ0n) is 10.8. The molecule has 2 atom stereocenters. The monoisotopic (exact) mass is 234 g/mol. The number of pyridine rings is 1. The first kappa shape index (κ1) is 12.2. The molecule has 17 heavy (non-hydrogen) atoms. The number of anilines is 1. The van der Waals surface area contributed by atoms with Crippen molar-refractivity contribution in [2.24, 2.45) is 5.92 Å². The molecule has 1 aromatic heterocycles. The summed E-state index contributed by atoms with van der Waals surface area (Å²) < 4.78 is 5.15. The molecule has 0 radical (unpaired) electrons. The van der Waals surface area contributed by atoms with Gasteiger partial charge in [0.25, 0.3) is 0 Å². The molecule has 0 aromatic carbocycles. The van der Waals surface area contributed by atoms with Crippen molar-refractivity contribution >= 4 is 5.82 Å². The average molecular weight is 234 g/mol. The second kappa shape index (κ2) is 5.89. The number of nitrogens with one attached hydrogen (secondary N) is 1. The number of hydrogen-bond acceptors (Lipinski definition) is 3. The molecule has 94 valence electrons. The van der Waals surface area contributed by atoms with Gasteiger partial charge in [0.05, 0.1) is 7.11 Å². The highest BCUT2D eigenvalue weighted by Gasteiger charge is 2.23. The number of nitrogens with zero attached hydrogens (tertiary/aromatic N) is 1. The largest absolute Gasteiger partial charge is 0.481 e. The fourth-order valence-corrected chi connectivity index (χ4v) is 2.69. The van der Waals surface area contributed by atoms with Crippen LogP contribution >= 0.6 is 0 Å². The molecule has 3 heteroatoms. The minimum atomic E-state index is 0.577. The third-order valence-corrected chi connectivity index (χ3v) is 3.70. The van der Waals surface area contributed by atoms with Crippen molar-refractivity contribution in [3.8, 4) is 5.88 Å². The Balaban J connectivity index is 2.02. The number of ether oxygens (including phenoxy) is 1. The molecule has 0 aliphatic heterocycles. The predicted molar refractivity (Wildman–Crippen MR) is 70.4 cm³/mol. The van der Waals surface area contributed by atoms with Gasteiger partial charge >= 0.3 is 0 Å². The average Bonchev–Trinajstić information content (AvgIpc) is 2.39. The fourth-order valence-electron chi connectivity index (χ4n) is 2.69. The van der Waals surface area contributed by atoms with E-state index in [1.807, 2.05) is 18.2 Å². The summed E-state index contributed by atoms with van der Waals surface area (Å²) in [5, 5.41) is 3.57. The van der Waals surface area contributed by atoms with E-state index in [2.05, 4.69) is 17.2 Å². The Morgan fingerprint density at radius 3 is 2.94 bits per heavy atom. The Labute approximate surface area is 104 Å². The van der Waals surface area contributed by atoms with Gasteiger partial charge in [0.1, 0.15) is 5.82 Å². The maximum atomic E-state index is 5.15. The summed E-state index contributed by atoms with van der Waals surface area (Å²) >= 11 is 0. The van der Waals surface area contributed by atoms with Gasteiger partial charge in [-0.25, -0.2) is 0 Å². The number of methoxy groups -OCH3 is 1. The summed E-state index contributed by atoms with van der Waals surface area (Å²) in [6, 6.07) is 6.46. The SMILES string of the molecule is CCC1CCCCC1Nc1cccc(OC)n1. The summed E-state index contributed by atoms with van der Waals surface area (Å²) in [6.07, 6.45) is 6.57.